The van der Waals surface area contributed by atoms with E-state index in [9.17, 15) is 26.4 Å². The Balaban J connectivity index is 1.83. The zero-order chi connectivity index (χ0) is 20.7. The van der Waals surface area contributed by atoms with Crippen LogP contribution in [0.4, 0.5) is 13.2 Å². The second kappa shape index (κ2) is 6.99. The Morgan fingerprint density at radius 2 is 2.00 bits per heavy atom. The molecule has 0 aliphatic carbocycles. The molecule has 154 valence electrons. The number of hydrogen-bond acceptors (Lipinski definition) is 7. The van der Waals surface area contributed by atoms with Crippen molar-refractivity contribution in [2.24, 2.45) is 16.1 Å². The zero-order valence-corrected chi connectivity index (χ0v) is 15.9. The summed E-state index contributed by atoms with van der Waals surface area (Å²) in [6.07, 6.45) is -4.76. The molecule has 12 heteroatoms. The van der Waals surface area contributed by atoms with Gasteiger partial charge in [0.25, 0.3) is 5.66 Å². The van der Waals surface area contributed by atoms with Gasteiger partial charge in [-0.05, 0) is 24.5 Å². The van der Waals surface area contributed by atoms with E-state index in [0.29, 0.717) is 0 Å². The van der Waals surface area contributed by atoms with Crippen LogP contribution in [0.2, 0.25) is 0 Å². The lowest BCUT2D eigenvalue weighted by Crippen LogP contribution is -2.36. The highest BCUT2D eigenvalue weighted by Gasteiger charge is 2.64. The van der Waals surface area contributed by atoms with Crippen molar-refractivity contribution in [3.63, 3.8) is 0 Å². The highest BCUT2D eigenvalue weighted by molar-refractivity contribution is 7.89. The quantitative estimate of drug-likeness (QED) is 0.658. The van der Waals surface area contributed by atoms with Crippen LogP contribution in [0.5, 0.6) is 5.75 Å². The fourth-order valence-electron chi connectivity index (χ4n) is 3.22. The average molecular weight is 421 g/mol. The van der Waals surface area contributed by atoms with Crippen molar-refractivity contribution in [1.29, 1.82) is 0 Å². The average Bonchev–Trinajstić information content (AvgIpc) is 3.29. The Bertz CT molecular complexity index is 911. The molecule has 0 saturated carbocycles. The molecule has 0 spiro atoms. The number of carbonyl (C=O) groups excluding carboxylic acids is 1. The summed E-state index contributed by atoms with van der Waals surface area (Å²) in [5.41, 5.74) is -2.59. The second-order valence-corrected chi connectivity index (χ2v) is 8.50. The van der Waals surface area contributed by atoms with Gasteiger partial charge in [0, 0.05) is 25.6 Å². The molecular weight excluding hydrogens is 403 g/mol. The summed E-state index contributed by atoms with van der Waals surface area (Å²) in [5, 5.41) is 6.28. The first-order valence-corrected chi connectivity index (χ1v) is 9.75. The van der Waals surface area contributed by atoms with E-state index in [2.05, 4.69) is 15.0 Å². The summed E-state index contributed by atoms with van der Waals surface area (Å²) in [6.45, 7) is -0.0955. The number of rotatable bonds is 6. The van der Waals surface area contributed by atoms with Gasteiger partial charge in [-0.15, -0.1) is 10.2 Å². The van der Waals surface area contributed by atoms with E-state index in [1.807, 2.05) is 0 Å². The zero-order valence-electron chi connectivity index (χ0n) is 15.1. The summed E-state index contributed by atoms with van der Waals surface area (Å²) >= 11 is 0. The van der Waals surface area contributed by atoms with Crippen LogP contribution < -0.4 is 4.74 Å². The molecular formula is C16H18F3N3O5S. The molecule has 8 nitrogen and oxygen atoms in total. The van der Waals surface area contributed by atoms with Gasteiger partial charge in [-0.2, -0.15) is 17.5 Å². The molecule has 0 bridgehead atoms. The number of alkyl halides is 3. The number of benzene rings is 1. The molecule has 3 rings (SSSR count). The molecule has 1 unspecified atom stereocenters. The van der Waals surface area contributed by atoms with Gasteiger partial charge < -0.3 is 9.47 Å². The molecule has 2 aliphatic rings. The molecule has 1 aromatic rings. The molecule has 2 aliphatic heterocycles. The molecule has 0 amide bonds. The molecule has 1 aromatic carbocycles. The third-order valence-corrected chi connectivity index (χ3v) is 6.73. The lowest BCUT2D eigenvalue weighted by Gasteiger charge is -2.20. The number of halogens is 3. The molecule has 28 heavy (non-hydrogen) atoms. The normalized spacial score (nSPS) is 21.5. The van der Waals surface area contributed by atoms with Crippen molar-refractivity contribution in [1.82, 2.24) is 4.31 Å². The lowest BCUT2D eigenvalue weighted by molar-refractivity contribution is -0.167. The SMILES string of the molecule is COC(=O)c1ccc(OC)cc1S(=O)(=O)N1CCC(CC2(C(F)(F)F)N=N2)C1. The maximum Gasteiger partial charge on any atom is 0.437 e. The summed E-state index contributed by atoms with van der Waals surface area (Å²) < 4.78 is 75.9. The Morgan fingerprint density at radius 3 is 2.54 bits per heavy atom. The summed E-state index contributed by atoms with van der Waals surface area (Å²) in [7, 11) is -1.69. The van der Waals surface area contributed by atoms with E-state index in [-0.39, 0.29) is 35.7 Å². The van der Waals surface area contributed by atoms with Crippen LogP contribution in [0, 0.1) is 5.92 Å². The van der Waals surface area contributed by atoms with Gasteiger partial charge in [0.2, 0.25) is 10.0 Å². The third kappa shape index (κ3) is 3.58. The van der Waals surface area contributed by atoms with Crippen molar-refractivity contribution in [3.05, 3.63) is 23.8 Å². The fourth-order valence-corrected chi connectivity index (χ4v) is 4.94. The predicted molar refractivity (Wildman–Crippen MR) is 89.5 cm³/mol. The largest absolute Gasteiger partial charge is 0.497 e. The Labute approximate surface area is 159 Å². The summed E-state index contributed by atoms with van der Waals surface area (Å²) in [5.74, 6) is -1.18. The first kappa shape index (κ1) is 20.5. The number of carbonyl (C=O) groups is 1. The monoisotopic (exact) mass is 421 g/mol. The van der Waals surface area contributed by atoms with Crippen LogP contribution in [0.1, 0.15) is 23.2 Å². The van der Waals surface area contributed by atoms with Gasteiger partial charge in [-0.3, -0.25) is 0 Å². The van der Waals surface area contributed by atoms with Gasteiger partial charge in [0.15, 0.2) is 0 Å². The van der Waals surface area contributed by atoms with Crippen molar-refractivity contribution >= 4 is 16.0 Å². The van der Waals surface area contributed by atoms with Crippen LogP contribution in [-0.4, -0.2) is 57.8 Å². The standard InChI is InChI=1S/C16H18F3N3O5S/c1-26-11-3-4-12(14(23)27-2)13(7-11)28(24,25)22-6-5-10(9-22)8-15(20-21-15)16(17,18)19/h3-4,7,10H,5-6,8-9H2,1-2H3. The van der Waals surface area contributed by atoms with Crippen molar-refractivity contribution in [2.45, 2.75) is 29.6 Å². The molecule has 0 aromatic heterocycles. The summed E-state index contributed by atoms with van der Waals surface area (Å²) in [4.78, 5) is 11.7. The number of sulfonamides is 1. The Morgan fingerprint density at radius 1 is 1.32 bits per heavy atom. The van der Waals surface area contributed by atoms with Crippen LogP contribution in [0.25, 0.3) is 0 Å². The summed E-state index contributed by atoms with van der Waals surface area (Å²) in [6, 6.07) is 3.88. The van der Waals surface area contributed by atoms with Crippen LogP contribution in [0.3, 0.4) is 0 Å². The van der Waals surface area contributed by atoms with E-state index < -0.39 is 40.2 Å². The predicted octanol–water partition coefficient (Wildman–Crippen LogP) is 2.61. The number of esters is 1. The number of hydrogen-bond donors (Lipinski definition) is 0. The first-order valence-electron chi connectivity index (χ1n) is 8.31. The first-order chi connectivity index (χ1) is 13.0. The molecule has 1 saturated heterocycles. The maximum atomic E-state index is 13.1. The number of methoxy groups -OCH3 is 2. The third-order valence-electron chi connectivity index (χ3n) is 4.83. The fraction of sp³-hybridized carbons (Fsp3) is 0.562. The van der Waals surface area contributed by atoms with Crippen LogP contribution in [0.15, 0.2) is 33.3 Å². The molecule has 0 radical (unpaired) electrons. The highest BCUT2D eigenvalue weighted by atomic mass is 32.2. The van der Waals surface area contributed by atoms with Gasteiger partial charge in [0.05, 0.1) is 19.8 Å². The maximum absolute atomic E-state index is 13.1. The van der Waals surface area contributed by atoms with Gasteiger partial charge in [-0.1, -0.05) is 0 Å². The van der Waals surface area contributed by atoms with Crippen molar-refractivity contribution in [2.75, 3.05) is 27.3 Å². The second-order valence-electron chi connectivity index (χ2n) is 6.59. The molecule has 1 atom stereocenters. The molecule has 1 fully saturated rings. The van der Waals surface area contributed by atoms with Crippen molar-refractivity contribution in [3.8, 4) is 5.75 Å². The van der Waals surface area contributed by atoms with Crippen molar-refractivity contribution < 1.29 is 35.9 Å². The topological polar surface area (TPSA) is 97.6 Å². The smallest absolute Gasteiger partial charge is 0.437 e. The number of ether oxygens (including phenoxy) is 2. The minimum absolute atomic E-state index is 0.0265. The Hall–Kier alpha value is -2.21. The van der Waals surface area contributed by atoms with Crippen LogP contribution in [-0.2, 0) is 14.8 Å². The lowest BCUT2D eigenvalue weighted by atomic mass is 9.96. The van der Waals surface area contributed by atoms with Gasteiger partial charge in [-0.25, -0.2) is 13.2 Å². The Kier molecular flexibility index (Phi) is 5.13. The van der Waals surface area contributed by atoms with Crippen LogP contribution >= 0.6 is 0 Å². The van der Waals surface area contributed by atoms with E-state index in [4.69, 9.17) is 4.74 Å². The minimum atomic E-state index is -4.59. The minimum Gasteiger partial charge on any atom is -0.497 e. The van der Waals surface area contributed by atoms with Gasteiger partial charge >= 0.3 is 12.1 Å². The van der Waals surface area contributed by atoms with E-state index in [1.54, 1.807) is 0 Å². The highest BCUT2D eigenvalue weighted by Crippen LogP contribution is 2.49. The van der Waals surface area contributed by atoms with E-state index >= 15 is 0 Å². The van der Waals surface area contributed by atoms with E-state index in [0.717, 1.165) is 11.4 Å². The van der Waals surface area contributed by atoms with E-state index in [1.165, 1.54) is 25.3 Å². The van der Waals surface area contributed by atoms with Gasteiger partial charge in [0.1, 0.15) is 10.6 Å². The molecule has 2 heterocycles. The number of nitrogens with zero attached hydrogens (tertiary/aromatic N) is 3. The molecule has 0 N–H and O–H groups in total.